The number of piperidine rings is 1. The first-order valence-corrected chi connectivity index (χ1v) is 9.26. The van der Waals surface area contributed by atoms with Gasteiger partial charge in [-0.15, -0.1) is 0 Å². The second-order valence-electron chi connectivity index (χ2n) is 6.98. The van der Waals surface area contributed by atoms with Gasteiger partial charge in [0.25, 0.3) is 0 Å². The van der Waals surface area contributed by atoms with Crippen LogP contribution >= 0.6 is 0 Å². The number of para-hydroxylation sites is 1. The number of amides is 1. The first-order chi connectivity index (χ1) is 12.3. The van der Waals surface area contributed by atoms with E-state index in [-0.39, 0.29) is 5.91 Å². The third-order valence-electron chi connectivity index (χ3n) is 5.41. The van der Waals surface area contributed by atoms with E-state index in [0.717, 1.165) is 38.3 Å². The van der Waals surface area contributed by atoms with E-state index in [4.69, 9.17) is 0 Å². The van der Waals surface area contributed by atoms with Crippen LogP contribution in [0.5, 0.6) is 0 Å². The number of carbonyl (C=O) groups is 1. The van der Waals surface area contributed by atoms with Gasteiger partial charge in [0.15, 0.2) is 0 Å². The molecule has 0 spiro atoms. The largest absolute Gasteiger partial charge is 0.312 e. The fourth-order valence-electron chi connectivity index (χ4n) is 4.08. The van der Waals surface area contributed by atoms with E-state index in [9.17, 15) is 4.79 Å². The van der Waals surface area contributed by atoms with Crippen molar-refractivity contribution >= 4 is 11.6 Å². The first kappa shape index (κ1) is 16.3. The SMILES string of the molecule is O=C(CCN1CCCC[C@@H]1Cn1cncn1)N1CCc2ccccc21. The quantitative estimate of drug-likeness (QED) is 0.837. The Morgan fingerprint density at radius 1 is 1.20 bits per heavy atom. The van der Waals surface area contributed by atoms with Crippen LogP contribution in [0.2, 0.25) is 0 Å². The Morgan fingerprint density at radius 2 is 2.12 bits per heavy atom. The number of rotatable bonds is 5. The van der Waals surface area contributed by atoms with Crippen molar-refractivity contribution in [1.82, 2.24) is 19.7 Å². The van der Waals surface area contributed by atoms with Gasteiger partial charge in [-0.1, -0.05) is 24.6 Å². The predicted octanol–water partition coefficient (Wildman–Crippen LogP) is 2.11. The molecule has 2 aliphatic rings. The number of benzene rings is 1. The average molecular weight is 339 g/mol. The lowest BCUT2D eigenvalue weighted by Gasteiger charge is -2.35. The van der Waals surface area contributed by atoms with Crippen molar-refractivity contribution in [3.63, 3.8) is 0 Å². The Labute approximate surface area is 148 Å². The minimum Gasteiger partial charge on any atom is -0.312 e. The summed E-state index contributed by atoms with van der Waals surface area (Å²) < 4.78 is 1.90. The molecular weight excluding hydrogens is 314 g/mol. The number of carbonyl (C=O) groups excluding carboxylic acids is 1. The maximum Gasteiger partial charge on any atom is 0.228 e. The number of nitrogens with zero attached hydrogens (tertiary/aromatic N) is 5. The molecule has 2 aliphatic heterocycles. The topological polar surface area (TPSA) is 54.3 Å². The normalized spacial score (nSPS) is 20.6. The molecule has 1 saturated heterocycles. The molecule has 1 aromatic carbocycles. The Kier molecular flexibility index (Phi) is 4.78. The van der Waals surface area contributed by atoms with Crippen LogP contribution in [-0.2, 0) is 17.8 Å². The highest BCUT2D eigenvalue weighted by Crippen LogP contribution is 2.28. The minimum atomic E-state index is 0.245. The summed E-state index contributed by atoms with van der Waals surface area (Å²) >= 11 is 0. The van der Waals surface area contributed by atoms with Crippen LogP contribution in [0.15, 0.2) is 36.9 Å². The van der Waals surface area contributed by atoms with Gasteiger partial charge in [0, 0.05) is 31.2 Å². The van der Waals surface area contributed by atoms with Gasteiger partial charge in [-0.05, 0) is 37.4 Å². The lowest BCUT2D eigenvalue weighted by molar-refractivity contribution is -0.119. The summed E-state index contributed by atoms with van der Waals surface area (Å²) in [5.74, 6) is 0.245. The Morgan fingerprint density at radius 3 is 3.00 bits per heavy atom. The molecular formula is C19H25N5O. The highest BCUT2D eigenvalue weighted by atomic mass is 16.2. The molecule has 132 valence electrons. The third-order valence-corrected chi connectivity index (χ3v) is 5.41. The van der Waals surface area contributed by atoms with E-state index in [2.05, 4.69) is 33.2 Å². The summed E-state index contributed by atoms with van der Waals surface area (Å²) in [5, 5.41) is 4.23. The lowest BCUT2D eigenvalue weighted by Crippen LogP contribution is -2.44. The maximum absolute atomic E-state index is 12.7. The van der Waals surface area contributed by atoms with Gasteiger partial charge in [0.05, 0.1) is 6.54 Å². The second-order valence-corrected chi connectivity index (χ2v) is 6.98. The zero-order chi connectivity index (χ0) is 17.1. The van der Waals surface area contributed by atoms with Gasteiger partial charge in [-0.3, -0.25) is 14.4 Å². The molecule has 6 nitrogen and oxygen atoms in total. The van der Waals surface area contributed by atoms with E-state index < -0.39 is 0 Å². The standard InChI is InChI=1S/C19H25N5O/c25-19(24-12-8-16-5-1-2-7-18(16)24)9-11-22-10-4-3-6-17(22)13-23-15-20-14-21-23/h1-2,5,7,14-15,17H,3-4,6,8-13H2/t17-/m1/s1. The zero-order valence-electron chi connectivity index (χ0n) is 14.5. The van der Waals surface area contributed by atoms with E-state index in [1.54, 1.807) is 12.7 Å². The van der Waals surface area contributed by atoms with Crippen LogP contribution in [0, 0.1) is 0 Å². The highest BCUT2D eigenvalue weighted by molar-refractivity contribution is 5.95. The van der Waals surface area contributed by atoms with E-state index in [0.29, 0.717) is 12.5 Å². The van der Waals surface area contributed by atoms with Gasteiger partial charge in [-0.2, -0.15) is 5.10 Å². The van der Waals surface area contributed by atoms with Gasteiger partial charge in [0.2, 0.25) is 5.91 Å². The Balaban J connectivity index is 1.35. The van der Waals surface area contributed by atoms with Gasteiger partial charge >= 0.3 is 0 Å². The fraction of sp³-hybridized carbons (Fsp3) is 0.526. The number of aromatic nitrogens is 3. The molecule has 1 amide bonds. The molecule has 1 aromatic heterocycles. The first-order valence-electron chi connectivity index (χ1n) is 9.26. The molecule has 0 aliphatic carbocycles. The lowest BCUT2D eigenvalue weighted by atomic mass is 10.0. The second kappa shape index (κ2) is 7.35. The third kappa shape index (κ3) is 3.58. The van der Waals surface area contributed by atoms with Crippen molar-refractivity contribution in [2.24, 2.45) is 0 Å². The number of hydrogen-bond acceptors (Lipinski definition) is 4. The van der Waals surface area contributed by atoms with Crippen LogP contribution in [-0.4, -0.2) is 51.2 Å². The summed E-state index contributed by atoms with van der Waals surface area (Å²) in [7, 11) is 0. The van der Waals surface area contributed by atoms with Crippen molar-refractivity contribution in [3.05, 3.63) is 42.5 Å². The van der Waals surface area contributed by atoms with Crippen molar-refractivity contribution in [2.45, 2.75) is 44.7 Å². The molecule has 0 unspecified atom stereocenters. The monoisotopic (exact) mass is 339 g/mol. The summed E-state index contributed by atoms with van der Waals surface area (Å²) in [6.07, 6.45) is 8.56. The molecule has 0 bridgehead atoms. The van der Waals surface area contributed by atoms with E-state index in [1.807, 2.05) is 15.6 Å². The number of hydrogen-bond donors (Lipinski definition) is 0. The summed E-state index contributed by atoms with van der Waals surface area (Å²) in [5.41, 5.74) is 2.39. The van der Waals surface area contributed by atoms with Crippen molar-refractivity contribution in [1.29, 1.82) is 0 Å². The molecule has 25 heavy (non-hydrogen) atoms. The van der Waals surface area contributed by atoms with Crippen molar-refractivity contribution in [2.75, 3.05) is 24.5 Å². The van der Waals surface area contributed by atoms with Crippen LogP contribution in [0.25, 0.3) is 0 Å². The molecule has 3 heterocycles. The molecule has 0 saturated carbocycles. The Bertz CT molecular complexity index is 714. The number of anilines is 1. The van der Waals surface area contributed by atoms with Crippen molar-refractivity contribution < 1.29 is 4.79 Å². The summed E-state index contributed by atoms with van der Waals surface area (Å²) in [6.45, 7) is 3.58. The van der Waals surface area contributed by atoms with E-state index >= 15 is 0 Å². The van der Waals surface area contributed by atoms with Gasteiger partial charge in [-0.25, -0.2) is 4.98 Å². The minimum absolute atomic E-state index is 0.245. The summed E-state index contributed by atoms with van der Waals surface area (Å²) in [6, 6.07) is 8.71. The fourth-order valence-corrected chi connectivity index (χ4v) is 4.08. The zero-order valence-corrected chi connectivity index (χ0v) is 14.5. The molecule has 2 aromatic rings. The van der Waals surface area contributed by atoms with Gasteiger partial charge < -0.3 is 4.90 Å². The van der Waals surface area contributed by atoms with E-state index in [1.165, 1.54) is 24.8 Å². The molecule has 6 heteroatoms. The molecule has 0 N–H and O–H groups in total. The maximum atomic E-state index is 12.7. The van der Waals surface area contributed by atoms with Crippen LogP contribution in [0.3, 0.4) is 0 Å². The molecule has 0 radical (unpaired) electrons. The molecule has 1 fully saturated rings. The molecule has 1 atom stereocenters. The Hall–Kier alpha value is -2.21. The van der Waals surface area contributed by atoms with Crippen LogP contribution in [0.4, 0.5) is 5.69 Å². The number of fused-ring (bicyclic) bond motifs is 1. The predicted molar refractivity (Wildman–Crippen MR) is 96.4 cm³/mol. The number of likely N-dealkylation sites (tertiary alicyclic amines) is 1. The van der Waals surface area contributed by atoms with Gasteiger partial charge in [0.1, 0.15) is 12.7 Å². The smallest absolute Gasteiger partial charge is 0.228 e. The van der Waals surface area contributed by atoms with Crippen LogP contribution < -0.4 is 4.90 Å². The molecule has 4 rings (SSSR count). The summed E-state index contributed by atoms with van der Waals surface area (Å²) in [4.78, 5) is 21.2. The highest BCUT2D eigenvalue weighted by Gasteiger charge is 2.27. The van der Waals surface area contributed by atoms with Crippen LogP contribution in [0.1, 0.15) is 31.2 Å². The average Bonchev–Trinajstić information content (AvgIpc) is 3.30. The van der Waals surface area contributed by atoms with Crippen molar-refractivity contribution in [3.8, 4) is 0 Å².